The van der Waals surface area contributed by atoms with Crippen molar-refractivity contribution in [3.8, 4) is 11.5 Å². The van der Waals surface area contributed by atoms with E-state index in [-0.39, 0.29) is 5.91 Å². The molecule has 26 heavy (non-hydrogen) atoms. The molecule has 2 rings (SSSR count). The Bertz CT molecular complexity index is 781. The van der Waals surface area contributed by atoms with Crippen molar-refractivity contribution in [2.45, 2.75) is 20.8 Å². The van der Waals surface area contributed by atoms with E-state index in [4.69, 9.17) is 14.5 Å². The monoisotopic (exact) mass is 354 g/mol. The summed E-state index contributed by atoms with van der Waals surface area (Å²) in [6, 6.07) is 13.3. The van der Waals surface area contributed by atoms with Crippen molar-refractivity contribution in [3.05, 3.63) is 53.6 Å². The molecule has 0 atom stereocenters. The van der Waals surface area contributed by atoms with Crippen LogP contribution in [0.3, 0.4) is 0 Å². The van der Waals surface area contributed by atoms with E-state index in [9.17, 15) is 4.79 Å². The minimum absolute atomic E-state index is 0.0736. The Hall–Kier alpha value is -2.82. The van der Waals surface area contributed by atoms with Gasteiger partial charge in [-0.1, -0.05) is 30.3 Å². The zero-order valence-electron chi connectivity index (χ0n) is 16.1. The molecule has 5 heteroatoms. The van der Waals surface area contributed by atoms with Gasteiger partial charge in [-0.2, -0.15) is 0 Å². The van der Waals surface area contributed by atoms with Crippen LogP contribution in [0.4, 0.5) is 5.69 Å². The number of rotatable bonds is 7. The normalized spacial score (nSPS) is 11.2. The van der Waals surface area contributed by atoms with Gasteiger partial charge in [0.15, 0.2) is 11.5 Å². The Kier molecular flexibility index (Phi) is 6.78. The van der Waals surface area contributed by atoms with Gasteiger partial charge in [0.1, 0.15) is 0 Å². The molecule has 0 fully saturated rings. The number of aliphatic imine (C=N–C) groups is 1. The smallest absolute Gasteiger partial charge is 0.256 e. The van der Waals surface area contributed by atoms with E-state index >= 15 is 0 Å². The van der Waals surface area contributed by atoms with Gasteiger partial charge >= 0.3 is 0 Å². The summed E-state index contributed by atoms with van der Waals surface area (Å²) in [7, 11) is 3.13. The maximum Gasteiger partial charge on any atom is 0.256 e. The van der Waals surface area contributed by atoms with Gasteiger partial charge in [-0.25, -0.2) is 0 Å². The summed E-state index contributed by atoms with van der Waals surface area (Å²) in [5.74, 6) is 0.984. The van der Waals surface area contributed by atoms with E-state index in [0.717, 1.165) is 11.3 Å². The second-order valence-electron chi connectivity index (χ2n) is 5.77. The van der Waals surface area contributed by atoms with E-state index in [1.165, 1.54) is 0 Å². The number of carbonyl (C=O) groups is 1. The van der Waals surface area contributed by atoms with E-state index < -0.39 is 0 Å². The summed E-state index contributed by atoms with van der Waals surface area (Å²) in [5, 5.41) is 0. The lowest BCUT2D eigenvalue weighted by molar-refractivity contribution is 0.0773. The quantitative estimate of drug-likeness (QED) is 0.696. The van der Waals surface area contributed by atoms with Crippen molar-refractivity contribution in [1.82, 2.24) is 4.90 Å². The van der Waals surface area contributed by atoms with E-state index in [1.807, 2.05) is 51.1 Å². The van der Waals surface area contributed by atoms with Crippen LogP contribution in [0.15, 0.2) is 47.5 Å². The summed E-state index contributed by atoms with van der Waals surface area (Å²) in [4.78, 5) is 19.5. The summed E-state index contributed by atoms with van der Waals surface area (Å²) < 4.78 is 10.8. The van der Waals surface area contributed by atoms with Crippen LogP contribution in [-0.2, 0) is 0 Å². The van der Waals surface area contributed by atoms with Gasteiger partial charge in [0.2, 0.25) is 0 Å². The van der Waals surface area contributed by atoms with Crippen molar-refractivity contribution in [3.63, 3.8) is 0 Å². The third-order valence-corrected chi connectivity index (χ3v) is 4.26. The van der Waals surface area contributed by atoms with Crippen LogP contribution in [0.5, 0.6) is 11.5 Å². The van der Waals surface area contributed by atoms with Crippen LogP contribution in [0.1, 0.15) is 36.7 Å². The summed E-state index contributed by atoms with van der Waals surface area (Å²) in [5.41, 5.74) is 2.90. The number of hydrogen-bond donors (Lipinski definition) is 0. The molecule has 0 N–H and O–H groups in total. The van der Waals surface area contributed by atoms with Crippen LogP contribution >= 0.6 is 0 Å². The molecule has 0 aliphatic rings. The van der Waals surface area contributed by atoms with Crippen molar-refractivity contribution >= 4 is 17.3 Å². The predicted molar refractivity (Wildman–Crippen MR) is 105 cm³/mol. The lowest BCUT2D eigenvalue weighted by Gasteiger charge is -2.21. The minimum atomic E-state index is -0.0736. The average Bonchev–Trinajstić information content (AvgIpc) is 2.69. The van der Waals surface area contributed by atoms with Gasteiger partial charge in [0.05, 0.1) is 25.5 Å². The Morgan fingerprint density at radius 2 is 1.58 bits per heavy atom. The lowest BCUT2D eigenvalue weighted by atomic mass is 10.1. The molecule has 1 amide bonds. The van der Waals surface area contributed by atoms with Gasteiger partial charge in [-0.05, 0) is 32.4 Å². The van der Waals surface area contributed by atoms with E-state index in [1.54, 1.807) is 31.3 Å². The van der Waals surface area contributed by atoms with Crippen LogP contribution in [0.2, 0.25) is 0 Å². The maximum atomic E-state index is 13.0. The van der Waals surface area contributed by atoms with Gasteiger partial charge in [0.25, 0.3) is 5.91 Å². The first-order valence-electron chi connectivity index (χ1n) is 8.71. The van der Waals surface area contributed by atoms with Crippen LogP contribution in [0.25, 0.3) is 0 Å². The molecule has 0 heterocycles. The second kappa shape index (κ2) is 9.04. The second-order valence-corrected chi connectivity index (χ2v) is 5.77. The number of amides is 1. The zero-order chi connectivity index (χ0) is 19.1. The SMILES string of the molecule is CCN(CC)C(=O)c1cc(OC)c(OC)cc1N=C(C)c1ccccc1. The number of benzene rings is 2. The van der Waals surface area contributed by atoms with Crippen molar-refractivity contribution < 1.29 is 14.3 Å². The highest BCUT2D eigenvalue weighted by Gasteiger charge is 2.20. The molecule has 0 spiro atoms. The summed E-state index contributed by atoms with van der Waals surface area (Å²) in [6.07, 6.45) is 0. The first-order valence-corrected chi connectivity index (χ1v) is 8.71. The molecule has 2 aromatic rings. The molecule has 138 valence electrons. The van der Waals surface area contributed by atoms with Gasteiger partial charge in [-0.3, -0.25) is 9.79 Å². The molecular formula is C21H26N2O3. The molecule has 0 aromatic heterocycles. The molecule has 0 saturated carbocycles. The summed E-state index contributed by atoms with van der Waals surface area (Å²) >= 11 is 0. The van der Waals surface area contributed by atoms with Gasteiger partial charge in [0, 0.05) is 24.9 Å². The predicted octanol–water partition coefficient (Wildman–Crippen LogP) is 4.33. The van der Waals surface area contributed by atoms with Gasteiger partial charge < -0.3 is 14.4 Å². The molecule has 0 bridgehead atoms. The molecule has 0 radical (unpaired) electrons. The summed E-state index contributed by atoms with van der Waals surface area (Å²) in [6.45, 7) is 7.10. The molecule has 0 saturated heterocycles. The third kappa shape index (κ3) is 4.23. The fourth-order valence-corrected chi connectivity index (χ4v) is 2.74. The Balaban J connectivity index is 2.60. The minimum Gasteiger partial charge on any atom is -0.493 e. The molecule has 0 aliphatic carbocycles. The standard InChI is InChI=1S/C21H26N2O3/c1-6-23(7-2)21(24)17-13-19(25-4)20(26-5)14-18(17)22-15(3)16-11-9-8-10-12-16/h8-14H,6-7H2,1-5H3. The molecular weight excluding hydrogens is 328 g/mol. The van der Waals surface area contributed by atoms with Crippen molar-refractivity contribution in [2.24, 2.45) is 4.99 Å². The highest BCUT2D eigenvalue weighted by atomic mass is 16.5. The van der Waals surface area contributed by atoms with Crippen LogP contribution < -0.4 is 9.47 Å². The number of nitrogens with zero attached hydrogens (tertiary/aromatic N) is 2. The molecule has 5 nitrogen and oxygen atoms in total. The Labute approximate surface area is 155 Å². The lowest BCUT2D eigenvalue weighted by Crippen LogP contribution is -2.30. The Morgan fingerprint density at radius 3 is 2.12 bits per heavy atom. The first kappa shape index (κ1) is 19.5. The third-order valence-electron chi connectivity index (χ3n) is 4.26. The largest absolute Gasteiger partial charge is 0.493 e. The number of carbonyl (C=O) groups excluding carboxylic acids is 1. The topological polar surface area (TPSA) is 51.1 Å². The fraction of sp³-hybridized carbons (Fsp3) is 0.333. The molecule has 0 unspecified atom stereocenters. The average molecular weight is 354 g/mol. The van der Waals surface area contributed by atoms with Crippen LogP contribution in [-0.4, -0.2) is 43.8 Å². The van der Waals surface area contributed by atoms with Crippen molar-refractivity contribution in [2.75, 3.05) is 27.3 Å². The highest BCUT2D eigenvalue weighted by Crippen LogP contribution is 2.36. The van der Waals surface area contributed by atoms with Crippen LogP contribution in [0, 0.1) is 0 Å². The van der Waals surface area contributed by atoms with E-state index in [0.29, 0.717) is 35.8 Å². The van der Waals surface area contributed by atoms with E-state index in [2.05, 4.69) is 0 Å². The molecule has 2 aromatic carbocycles. The maximum absolute atomic E-state index is 13.0. The van der Waals surface area contributed by atoms with Crippen molar-refractivity contribution in [1.29, 1.82) is 0 Å². The Morgan fingerprint density at radius 1 is 1.00 bits per heavy atom. The number of ether oxygens (including phenoxy) is 2. The number of hydrogen-bond acceptors (Lipinski definition) is 4. The highest BCUT2D eigenvalue weighted by molar-refractivity contribution is 6.04. The molecule has 0 aliphatic heterocycles. The first-order chi connectivity index (χ1) is 12.5. The van der Waals surface area contributed by atoms with Gasteiger partial charge in [-0.15, -0.1) is 0 Å². The number of methoxy groups -OCH3 is 2. The fourth-order valence-electron chi connectivity index (χ4n) is 2.74. The zero-order valence-corrected chi connectivity index (χ0v) is 16.1.